The third-order valence-corrected chi connectivity index (χ3v) is 3.61. The van der Waals surface area contributed by atoms with Crippen LogP contribution in [-0.2, 0) is 9.53 Å². The summed E-state index contributed by atoms with van der Waals surface area (Å²) in [5.74, 6) is -0.195. The van der Waals surface area contributed by atoms with E-state index in [2.05, 4.69) is 30.1 Å². The zero-order chi connectivity index (χ0) is 14.5. The number of nitrogens with zero attached hydrogens (tertiary/aromatic N) is 1. The minimum Gasteiger partial charge on any atom is -0.468 e. The first-order valence-corrected chi connectivity index (χ1v) is 7.07. The van der Waals surface area contributed by atoms with Crippen LogP contribution in [0.2, 0.25) is 0 Å². The van der Waals surface area contributed by atoms with E-state index < -0.39 is 5.54 Å². The first kappa shape index (κ1) is 16.2. The Morgan fingerprint density at radius 1 is 1.37 bits per heavy atom. The monoisotopic (exact) mass is 268 g/mol. The molecule has 19 heavy (non-hydrogen) atoms. The summed E-state index contributed by atoms with van der Waals surface area (Å²) in [6.45, 7) is 11.2. The molecule has 4 nitrogen and oxygen atoms in total. The van der Waals surface area contributed by atoms with Crippen LogP contribution in [-0.4, -0.2) is 49.2 Å². The molecule has 0 aromatic heterocycles. The molecular weight excluding hydrogens is 240 g/mol. The van der Waals surface area contributed by atoms with Crippen molar-refractivity contribution in [3.8, 4) is 0 Å². The SMILES string of the molecule is COC(=O)C(C)(C)NC1CCN(CC=C(C)C)CC1. The van der Waals surface area contributed by atoms with Crippen molar-refractivity contribution in [1.82, 2.24) is 10.2 Å². The summed E-state index contributed by atoms with van der Waals surface area (Å²) in [6, 6.07) is 0.400. The average molecular weight is 268 g/mol. The van der Waals surface area contributed by atoms with Crippen molar-refractivity contribution in [3.05, 3.63) is 11.6 Å². The zero-order valence-electron chi connectivity index (χ0n) is 13.0. The van der Waals surface area contributed by atoms with Gasteiger partial charge < -0.3 is 4.74 Å². The van der Waals surface area contributed by atoms with E-state index in [-0.39, 0.29) is 5.97 Å². The van der Waals surface area contributed by atoms with Crippen LogP contribution in [0.25, 0.3) is 0 Å². The highest BCUT2D eigenvalue weighted by Gasteiger charge is 2.32. The predicted molar refractivity (Wildman–Crippen MR) is 78.1 cm³/mol. The molecule has 4 heteroatoms. The summed E-state index contributed by atoms with van der Waals surface area (Å²) >= 11 is 0. The molecule has 0 amide bonds. The smallest absolute Gasteiger partial charge is 0.325 e. The molecule has 0 aromatic carbocycles. The van der Waals surface area contributed by atoms with Crippen molar-refractivity contribution >= 4 is 5.97 Å². The Hall–Kier alpha value is -0.870. The minimum atomic E-state index is -0.596. The van der Waals surface area contributed by atoms with Gasteiger partial charge in [-0.05, 0) is 53.6 Å². The molecule has 1 N–H and O–H groups in total. The van der Waals surface area contributed by atoms with Gasteiger partial charge in [0.05, 0.1) is 7.11 Å². The molecule has 0 bridgehead atoms. The van der Waals surface area contributed by atoms with Crippen LogP contribution in [0.4, 0.5) is 0 Å². The Balaban J connectivity index is 2.38. The van der Waals surface area contributed by atoms with Crippen molar-refractivity contribution in [2.24, 2.45) is 0 Å². The maximum Gasteiger partial charge on any atom is 0.325 e. The number of methoxy groups -OCH3 is 1. The van der Waals surface area contributed by atoms with Crippen LogP contribution in [0.1, 0.15) is 40.5 Å². The summed E-state index contributed by atoms with van der Waals surface area (Å²) in [7, 11) is 1.44. The second kappa shape index (κ2) is 7.06. The van der Waals surface area contributed by atoms with E-state index in [4.69, 9.17) is 4.74 Å². The van der Waals surface area contributed by atoms with Crippen molar-refractivity contribution in [3.63, 3.8) is 0 Å². The number of hydrogen-bond donors (Lipinski definition) is 1. The molecule has 1 saturated heterocycles. The van der Waals surface area contributed by atoms with Gasteiger partial charge >= 0.3 is 5.97 Å². The van der Waals surface area contributed by atoms with Gasteiger partial charge in [-0.2, -0.15) is 0 Å². The lowest BCUT2D eigenvalue weighted by molar-refractivity contribution is -0.147. The molecule has 0 radical (unpaired) electrons. The largest absolute Gasteiger partial charge is 0.468 e. The number of nitrogens with one attached hydrogen (secondary N) is 1. The molecule has 0 aromatic rings. The van der Waals surface area contributed by atoms with Crippen LogP contribution in [0.15, 0.2) is 11.6 Å². The Kier molecular flexibility index (Phi) is 6.01. The van der Waals surface area contributed by atoms with Gasteiger partial charge in [0.15, 0.2) is 0 Å². The van der Waals surface area contributed by atoms with Gasteiger partial charge in [0, 0.05) is 12.6 Å². The first-order valence-electron chi connectivity index (χ1n) is 7.07. The fourth-order valence-electron chi connectivity index (χ4n) is 2.40. The quantitative estimate of drug-likeness (QED) is 0.611. The fraction of sp³-hybridized carbons (Fsp3) is 0.800. The van der Waals surface area contributed by atoms with E-state index in [9.17, 15) is 4.79 Å². The molecule has 0 aliphatic carbocycles. The van der Waals surface area contributed by atoms with Crippen LogP contribution in [0, 0.1) is 0 Å². The maximum absolute atomic E-state index is 11.6. The molecule has 0 unspecified atom stereocenters. The second-order valence-electron chi connectivity index (χ2n) is 6.12. The number of hydrogen-bond acceptors (Lipinski definition) is 4. The van der Waals surface area contributed by atoms with E-state index >= 15 is 0 Å². The topological polar surface area (TPSA) is 41.6 Å². The van der Waals surface area contributed by atoms with E-state index in [0.717, 1.165) is 32.5 Å². The summed E-state index contributed by atoms with van der Waals surface area (Å²) in [5, 5.41) is 3.41. The van der Waals surface area contributed by atoms with Crippen molar-refractivity contribution < 1.29 is 9.53 Å². The number of rotatable bonds is 5. The lowest BCUT2D eigenvalue weighted by Crippen LogP contribution is -2.55. The third-order valence-electron chi connectivity index (χ3n) is 3.61. The minimum absolute atomic E-state index is 0.195. The van der Waals surface area contributed by atoms with Crippen molar-refractivity contribution in [1.29, 1.82) is 0 Å². The number of carbonyl (C=O) groups is 1. The summed E-state index contributed by atoms with van der Waals surface area (Å²) in [6.07, 6.45) is 4.43. The number of piperidine rings is 1. The highest BCUT2D eigenvalue weighted by atomic mass is 16.5. The second-order valence-corrected chi connectivity index (χ2v) is 6.12. The Bertz CT molecular complexity index is 325. The van der Waals surface area contributed by atoms with Gasteiger partial charge in [0.1, 0.15) is 5.54 Å². The normalized spacial score (nSPS) is 18.2. The van der Waals surface area contributed by atoms with Gasteiger partial charge in [-0.15, -0.1) is 0 Å². The van der Waals surface area contributed by atoms with Crippen LogP contribution in [0.3, 0.4) is 0 Å². The summed E-state index contributed by atoms with van der Waals surface area (Å²) < 4.78 is 4.82. The molecule has 1 rings (SSSR count). The number of esters is 1. The summed E-state index contributed by atoms with van der Waals surface area (Å²) in [5.41, 5.74) is 0.772. The third kappa shape index (κ3) is 5.33. The number of ether oxygens (including phenoxy) is 1. The molecule has 1 aliphatic rings. The van der Waals surface area contributed by atoms with Gasteiger partial charge in [-0.3, -0.25) is 15.0 Å². The van der Waals surface area contributed by atoms with E-state index in [0.29, 0.717) is 6.04 Å². The number of allylic oxidation sites excluding steroid dienone is 1. The molecule has 0 spiro atoms. The highest BCUT2D eigenvalue weighted by molar-refractivity contribution is 5.79. The number of likely N-dealkylation sites (tertiary alicyclic amines) is 1. The molecule has 0 atom stereocenters. The fourth-order valence-corrected chi connectivity index (χ4v) is 2.40. The standard InChI is InChI=1S/C15H28N2O2/c1-12(2)6-9-17-10-7-13(8-11-17)16-15(3,4)14(18)19-5/h6,13,16H,7-11H2,1-5H3. The van der Waals surface area contributed by atoms with E-state index in [1.807, 2.05) is 13.8 Å². The average Bonchev–Trinajstić information content (AvgIpc) is 2.36. The highest BCUT2D eigenvalue weighted by Crippen LogP contribution is 2.15. The first-order chi connectivity index (χ1) is 8.85. The Morgan fingerprint density at radius 2 is 1.95 bits per heavy atom. The lowest BCUT2D eigenvalue weighted by atomic mass is 9.98. The predicted octanol–water partition coefficient (Wildman–Crippen LogP) is 1.96. The van der Waals surface area contributed by atoms with Gasteiger partial charge in [0.25, 0.3) is 0 Å². The maximum atomic E-state index is 11.6. The van der Waals surface area contributed by atoms with Crippen LogP contribution in [0.5, 0.6) is 0 Å². The molecule has 1 heterocycles. The van der Waals surface area contributed by atoms with Gasteiger partial charge in [-0.25, -0.2) is 0 Å². The molecule has 0 saturated carbocycles. The van der Waals surface area contributed by atoms with Gasteiger partial charge in [0.2, 0.25) is 0 Å². The number of carbonyl (C=O) groups excluding carboxylic acids is 1. The summed E-state index contributed by atoms with van der Waals surface area (Å²) in [4.78, 5) is 14.1. The molecule has 1 fully saturated rings. The molecule has 110 valence electrons. The van der Waals surface area contributed by atoms with Gasteiger partial charge in [-0.1, -0.05) is 11.6 Å². The Morgan fingerprint density at radius 3 is 2.42 bits per heavy atom. The van der Waals surface area contributed by atoms with E-state index in [1.54, 1.807) is 0 Å². The Labute approximate surface area is 117 Å². The van der Waals surface area contributed by atoms with Crippen molar-refractivity contribution in [2.75, 3.05) is 26.7 Å². The van der Waals surface area contributed by atoms with Crippen LogP contribution >= 0.6 is 0 Å². The molecular formula is C15H28N2O2. The molecule has 1 aliphatic heterocycles. The van der Waals surface area contributed by atoms with E-state index in [1.165, 1.54) is 12.7 Å². The zero-order valence-corrected chi connectivity index (χ0v) is 13.0. The van der Waals surface area contributed by atoms with Crippen LogP contribution < -0.4 is 5.32 Å². The lowest BCUT2D eigenvalue weighted by Gasteiger charge is -2.36. The van der Waals surface area contributed by atoms with Crippen molar-refractivity contribution in [2.45, 2.75) is 52.1 Å².